The fourth-order valence-corrected chi connectivity index (χ4v) is 4.11. The highest BCUT2D eigenvalue weighted by Gasteiger charge is 2.29. The van der Waals surface area contributed by atoms with Crippen LogP contribution in [0.25, 0.3) is 0 Å². The highest BCUT2D eigenvalue weighted by Crippen LogP contribution is 2.20. The minimum Gasteiger partial charge on any atom is -0.338 e. The summed E-state index contributed by atoms with van der Waals surface area (Å²) in [5.41, 5.74) is 5.76. The zero-order chi connectivity index (χ0) is 19.3. The van der Waals surface area contributed by atoms with E-state index in [1.807, 2.05) is 6.92 Å². The van der Waals surface area contributed by atoms with Crippen LogP contribution in [-0.2, 0) is 14.8 Å². The molecule has 1 fully saturated rings. The average molecular weight is 384 g/mol. The maximum atomic E-state index is 12.4. The molecule has 1 aromatic rings. The molecule has 1 aromatic carbocycles. The highest BCUT2D eigenvalue weighted by molar-refractivity contribution is 7.89. The molecule has 144 valence electrons. The summed E-state index contributed by atoms with van der Waals surface area (Å²) in [4.78, 5) is 24.1. The van der Waals surface area contributed by atoms with Gasteiger partial charge in [-0.3, -0.25) is 14.9 Å². The van der Waals surface area contributed by atoms with E-state index >= 15 is 0 Å². The molecule has 2 rings (SSSR count). The lowest BCUT2D eigenvalue weighted by Gasteiger charge is -2.38. The van der Waals surface area contributed by atoms with Crippen molar-refractivity contribution in [3.63, 3.8) is 0 Å². The Bertz CT molecular complexity index is 748. The van der Waals surface area contributed by atoms with Crippen molar-refractivity contribution in [1.29, 1.82) is 0 Å². The van der Waals surface area contributed by atoms with Crippen LogP contribution in [0.5, 0.6) is 0 Å². The fraction of sp³-hybridized carbons (Fsp3) is 0.562. The van der Waals surface area contributed by atoms with Crippen LogP contribution in [0.15, 0.2) is 29.2 Å². The van der Waals surface area contributed by atoms with Gasteiger partial charge in [-0.25, -0.2) is 13.1 Å². The third-order valence-electron chi connectivity index (χ3n) is 4.47. The molecule has 0 saturated carbocycles. The second-order valence-electron chi connectivity index (χ2n) is 6.41. The predicted molar refractivity (Wildman–Crippen MR) is 95.9 cm³/mol. The number of non-ortho nitro benzene ring substituents is 1. The summed E-state index contributed by atoms with van der Waals surface area (Å²) >= 11 is 0. The summed E-state index contributed by atoms with van der Waals surface area (Å²) in [7, 11) is -3.83. The molecule has 9 nitrogen and oxygen atoms in total. The van der Waals surface area contributed by atoms with Gasteiger partial charge in [0, 0.05) is 43.7 Å². The molecule has 0 bridgehead atoms. The number of nitrogens with one attached hydrogen (secondary N) is 1. The first kappa shape index (κ1) is 20.3. The van der Waals surface area contributed by atoms with Gasteiger partial charge in [0.1, 0.15) is 0 Å². The number of nitro benzene ring substituents is 1. The smallest absolute Gasteiger partial charge is 0.269 e. The van der Waals surface area contributed by atoms with Crippen molar-refractivity contribution in [3.8, 4) is 0 Å². The third kappa shape index (κ3) is 4.99. The van der Waals surface area contributed by atoms with E-state index in [4.69, 9.17) is 5.73 Å². The Morgan fingerprint density at radius 2 is 2.04 bits per heavy atom. The zero-order valence-electron chi connectivity index (χ0n) is 14.6. The van der Waals surface area contributed by atoms with Crippen LogP contribution >= 0.6 is 0 Å². The van der Waals surface area contributed by atoms with E-state index < -0.39 is 14.9 Å². The average Bonchev–Trinajstić information content (AvgIpc) is 2.61. The molecule has 2 unspecified atom stereocenters. The number of sulfonamides is 1. The fourth-order valence-electron chi connectivity index (χ4n) is 3.08. The quantitative estimate of drug-likeness (QED) is 0.531. The first-order valence-electron chi connectivity index (χ1n) is 8.51. The molecule has 0 aliphatic carbocycles. The van der Waals surface area contributed by atoms with E-state index in [0.717, 1.165) is 31.4 Å². The van der Waals surface area contributed by atoms with E-state index in [2.05, 4.69) is 4.72 Å². The normalized spacial score (nSPS) is 19.2. The number of nitrogens with two attached hydrogens (primary N) is 1. The zero-order valence-corrected chi connectivity index (χ0v) is 15.4. The van der Waals surface area contributed by atoms with Crippen LogP contribution in [0.4, 0.5) is 5.69 Å². The molecular formula is C16H24N4O5S. The second-order valence-corrected chi connectivity index (χ2v) is 8.18. The van der Waals surface area contributed by atoms with Crippen LogP contribution < -0.4 is 10.5 Å². The minimum absolute atomic E-state index is 0.0115. The Morgan fingerprint density at radius 1 is 1.38 bits per heavy atom. The molecule has 1 aliphatic rings. The number of amides is 1. The number of hydrogen-bond acceptors (Lipinski definition) is 6. The van der Waals surface area contributed by atoms with Gasteiger partial charge < -0.3 is 10.6 Å². The van der Waals surface area contributed by atoms with Crippen molar-refractivity contribution in [1.82, 2.24) is 9.62 Å². The maximum Gasteiger partial charge on any atom is 0.269 e. The molecule has 1 saturated heterocycles. The van der Waals surface area contributed by atoms with Gasteiger partial charge in [-0.1, -0.05) is 0 Å². The molecule has 2 atom stereocenters. The molecule has 26 heavy (non-hydrogen) atoms. The van der Waals surface area contributed by atoms with Gasteiger partial charge in [-0.15, -0.1) is 0 Å². The van der Waals surface area contributed by atoms with Gasteiger partial charge in [0.25, 0.3) is 5.69 Å². The summed E-state index contributed by atoms with van der Waals surface area (Å²) in [6, 6.07) is 4.44. The monoisotopic (exact) mass is 384 g/mol. The Kier molecular flexibility index (Phi) is 6.68. The summed E-state index contributed by atoms with van der Waals surface area (Å²) in [5, 5.41) is 10.6. The lowest BCUT2D eigenvalue weighted by molar-refractivity contribution is -0.384. The summed E-state index contributed by atoms with van der Waals surface area (Å²) in [6.07, 6.45) is 2.85. The molecule has 1 aliphatic heterocycles. The van der Waals surface area contributed by atoms with Gasteiger partial charge in [0.2, 0.25) is 15.9 Å². The van der Waals surface area contributed by atoms with Crippen molar-refractivity contribution >= 4 is 21.6 Å². The number of piperidine rings is 1. The Morgan fingerprint density at radius 3 is 2.62 bits per heavy atom. The van der Waals surface area contributed by atoms with Gasteiger partial charge in [0.05, 0.1) is 9.82 Å². The Balaban J connectivity index is 1.93. The number of hydrogen-bond donors (Lipinski definition) is 2. The molecular weight excluding hydrogens is 360 g/mol. The lowest BCUT2D eigenvalue weighted by atomic mass is 9.96. The van der Waals surface area contributed by atoms with Crippen molar-refractivity contribution in [2.24, 2.45) is 5.73 Å². The van der Waals surface area contributed by atoms with Gasteiger partial charge in [-0.05, 0) is 38.3 Å². The van der Waals surface area contributed by atoms with E-state index in [1.165, 1.54) is 12.1 Å². The molecule has 0 aromatic heterocycles. The Labute approximate surface area is 152 Å². The van der Waals surface area contributed by atoms with E-state index in [1.54, 1.807) is 4.90 Å². The van der Waals surface area contributed by atoms with Crippen molar-refractivity contribution in [2.45, 2.75) is 49.6 Å². The number of rotatable bonds is 7. The van der Waals surface area contributed by atoms with Gasteiger partial charge in [-0.2, -0.15) is 0 Å². The van der Waals surface area contributed by atoms with Crippen LogP contribution in [0.2, 0.25) is 0 Å². The van der Waals surface area contributed by atoms with Crippen LogP contribution in [0.3, 0.4) is 0 Å². The first-order chi connectivity index (χ1) is 12.2. The number of likely N-dealkylation sites (tertiary alicyclic amines) is 1. The van der Waals surface area contributed by atoms with E-state index in [9.17, 15) is 23.3 Å². The number of carbonyl (C=O) groups is 1. The molecule has 3 N–H and O–H groups in total. The second kappa shape index (κ2) is 8.56. The first-order valence-corrected chi connectivity index (χ1v) is 10.00. The summed E-state index contributed by atoms with van der Waals surface area (Å²) in [5.74, 6) is -0.126. The van der Waals surface area contributed by atoms with E-state index in [0.29, 0.717) is 6.54 Å². The van der Waals surface area contributed by atoms with Gasteiger partial charge >= 0.3 is 0 Å². The Hall–Kier alpha value is -2.04. The van der Waals surface area contributed by atoms with Crippen molar-refractivity contribution < 1.29 is 18.1 Å². The van der Waals surface area contributed by atoms with E-state index in [-0.39, 0.29) is 41.5 Å². The minimum atomic E-state index is -3.83. The largest absolute Gasteiger partial charge is 0.338 e. The topological polar surface area (TPSA) is 136 Å². The maximum absolute atomic E-state index is 12.4. The van der Waals surface area contributed by atoms with Crippen LogP contribution in [-0.4, -0.2) is 49.3 Å². The number of nitrogens with zero attached hydrogens (tertiary/aromatic N) is 2. The predicted octanol–water partition coefficient (Wildman–Crippen LogP) is 0.992. The molecule has 0 spiro atoms. The summed E-state index contributed by atoms with van der Waals surface area (Å²) < 4.78 is 26.8. The van der Waals surface area contributed by atoms with Crippen LogP contribution in [0.1, 0.15) is 32.6 Å². The highest BCUT2D eigenvalue weighted by atomic mass is 32.2. The van der Waals surface area contributed by atoms with Crippen molar-refractivity contribution in [3.05, 3.63) is 34.4 Å². The summed E-state index contributed by atoms with van der Waals surface area (Å²) in [6.45, 7) is 2.47. The SMILES string of the molecule is CC(N)C1CCCCN1C(=O)CCNS(=O)(=O)c1ccc([N+](=O)[O-])cc1. The lowest BCUT2D eigenvalue weighted by Crippen LogP contribution is -2.52. The van der Waals surface area contributed by atoms with Crippen molar-refractivity contribution in [2.75, 3.05) is 13.1 Å². The molecule has 10 heteroatoms. The third-order valence-corrected chi connectivity index (χ3v) is 5.94. The molecule has 1 amide bonds. The standard InChI is InChI=1S/C16H24N4O5S/c1-12(17)15-4-2-3-11-19(15)16(21)9-10-18-26(24,25)14-7-5-13(6-8-14)20(22)23/h5-8,12,15,18H,2-4,9-11,17H2,1H3. The van der Waals surface area contributed by atoms with Crippen LogP contribution in [0, 0.1) is 10.1 Å². The molecule has 0 radical (unpaired) electrons. The molecule has 1 heterocycles. The number of nitro groups is 1. The number of carbonyl (C=O) groups excluding carboxylic acids is 1. The van der Waals surface area contributed by atoms with Gasteiger partial charge in [0.15, 0.2) is 0 Å². The number of benzene rings is 1.